The van der Waals surface area contributed by atoms with Gasteiger partial charge in [0.15, 0.2) is 17.6 Å². The third-order valence-electron chi connectivity index (χ3n) is 4.63. The van der Waals surface area contributed by atoms with Crippen molar-refractivity contribution in [1.29, 1.82) is 0 Å². The van der Waals surface area contributed by atoms with E-state index < -0.39 is 53.1 Å². The van der Waals surface area contributed by atoms with Crippen LogP contribution in [-0.4, -0.2) is 58.4 Å². The summed E-state index contributed by atoms with van der Waals surface area (Å²) in [6, 6.07) is 1.22. The largest absolute Gasteiger partial charge is 0.461 e. The SMILES string of the molecule is CCOC(C)(C)C(=O)OC[C@H]1O[C@@H](n2ccc(=O)[nH]c2=O)[C@@H]2OC(C)(C)O[C@@H]21. The summed E-state index contributed by atoms with van der Waals surface area (Å²) in [4.78, 5) is 38.0. The molecule has 3 rings (SSSR count). The highest BCUT2D eigenvalue weighted by molar-refractivity contribution is 5.78. The fraction of sp³-hybridized carbons (Fsp3) is 0.722. The van der Waals surface area contributed by atoms with Crippen molar-refractivity contribution in [3.8, 4) is 0 Å². The number of fused-ring (bicyclic) bond motifs is 1. The molecule has 2 aliphatic rings. The van der Waals surface area contributed by atoms with Crippen LogP contribution in [0.3, 0.4) is 0 Å². The lowest BCUT2D eigenvalue weighted by Crippen LogP contribution is -2.40. The van der Waals surface area contributed by atoms with Crippen LogP contribution in [0.25, 0.3) is 0 Å². The van der Waals surface area contributed by atoms with Gasteiger partial charge in [0.05, 0.1) is 0 Å². The molecule has 4 atom stereocenters. The van der Waals surface area contributed by atoms with Gasteiger partial charge in [-0.1, -0.05) is 0 Å². The maximum absolute atomic E-state index is 12.3. The number of hydrogen-bond donors (Lipinski definition) is 1. The number of aromatic nitrogens is 2. The zero-order chi connectivity index (χ0) is 20.7. The summed E-state index contributed by atoms with van der Waals surface area (Å²) in [6.45, 7) is 8.81. The van der Waals surface area contributed by atoms with Gasteiger partial charge in [-0.15, -0.1) is 0 Å². The van der Waals surface area contributed by atoms with Crippen molar-refractivity contribution in [2.75, 3.05) is 13.2 Å². The molecule has 0 unspecified atom stereocenters. The van der Waals surface area contributed by atoms with Crippen molar-refractivity contribution >= 4 is 5.97 Å². The van der Waals surface area contributed by atoms with Gasteiger partial charge in [0, 0.05) is 18.9 Å². The maximum atomic E-state index is 12.3. The number of carbonyl (C=O) groups is 1. The summed E-state index contributed by atoms with van der Waals surface area (Å²) >= 11 is 0. The third kappa shape index (κ3) is 4.04. The first kappa shape index (κ1) is 20.7. The number of aromatic amines is 1. The molecule has 1 aromatic heterocycles. The van der Waals surface area contributed by atoms with Gasteiger partial charge >= 0.3 is 11.7 Å². The number of esters is 1. The second-order valence-electron chi connectivity index (χ2n) is 7.69. The summed E-state index contributed by atoms with van der Waals surface area (Å²) in [7, 11) is 0. The second-order valence-corrected chi connectivity index (χ2v) is 7.69. The number of ether oxygens (including phenoxy) is 5. The Morgan fingerprint density at radius 2 is 1.96 bits per heavy atom. The third-order valence-corrected chi connectivity index (χ3v) is 4.63. The van der Waals surface area contributed by atoms with E-state index in [9.17, 15) is 14.4 Å². The van der Waals surface area contributed by atoms with Crippen LogP contribution < -0.4 is 11.2 Å². The standard InChI is InChI=1S/C18H26N2O8/c1-6-25-17(2,3)15(22)24-9-10-12-13(28-18(4,5)27-12)14(26-10)20-8-7-11(21)19-16(20)23/h7-8,10,12-14H,6,9H2,1-5H3,(H,19,21,23)/t10-,12-,13-,14-/m1/s1. The van der Waals surface area contributed by atoms with E-state index >= 15 is 0 Å². The maximum Gasteiger partial charge on any atom is 0.337 e. The minimum atomic E-state index is -1.09. The summed E-state index contributed by atoms with van der Waals surface area (Å²) in [5.41, 5.74) is -2.23. The highest BCUT2D eigenvalue weighted by atomic mass is 16.8. The van der Waals surface area contributed by atoms with Gasteiger partial charge in [0.1, 0.15) is 24.9 Å². The van der Waals surface area contributed by atoms with Crippen LogP contribution in [0.1, 0.15) is 40.8 Å². The first-order chi connectivity index (χ1) is 13.0. The second kappa shape index (κ2) is 7.43. The van der Waals surface area contributed by atoms with E-state index in [-0.39, 0.29) is 6.61 Å². The molecule has 2 aliphatic heterocycles. The van der Waals surface area contributed by atoms with Crippen molar-refractivity contribution in [3.05, 3.63) is 33.1 Å². The Labute approximate surface area is 161 Å². The number of H-pyrrole nitrogens is 1. The van der Waals surface area contributed by atoms with Crippen LogP contribution in [0, 0.1) is 0 Å². The van der Waals surface area contributed by atoms with Crippen LogP contribution in [0.2, 0.25) is 0 Å². The van der Waals surface area contributed by atoms with Crippen molar-refractivity contribution < 1.29 is 28.5 Å². The van der Waals surface area contributed by atoms with E-state index in [2.05, 4.69) is 4.98 Å². The quantitative estimate of drug-likeness (QED) is 0.681. The number of hydrogen-bond acceptors (Lipinski definition) is 8. The van der Waals surface area contributed by atoms with Crippen molar-refractivity contribution in [3.63, 3.8) is 0 Å². The molecule has 0 bridgehead atoms. The number of carbonyl (C=O) groups excluding carboxylic acids is 1. The monoisotopic (exact) mass is 398 g/mol. The predicted molar refractivity (Wildman–Crippen MR) is 95.7 cm³/mol. The molecule has 3 heterocycles. The van der Waals surface area contributed by atoms with E-state index in [0.29, 0.717) is 6.61 Å². The van der Waals surface area contributed by atoms with Crippen molar-refractivity contribution in [2.45, 2.75) is 70.5 Å². The zero-order valence-electron chi connectivity index (χ0n) is 16.6. The molecule has 0 saturated carbocycles. The van der Waals surface area contributed by atoms with Crippen LogP contribution in [0.15, 0.2) is 21.9 Å². The van der Waals surface area contributed by atoms with Gasteiger partial charge in [-0.3, -0.25) is 14.3 Å². The molecule has 0 spiro atoms. The normalized spacial score (nSPS) is 28.9. The van der Waals surface area contributed by atoms with Gasteiger partial charge in [-0.25, -0.2) is 9.59 Å². The number of rotatable bonds is 6. The lowest BCUT2D eigenvalue weighted by molar-refractivity contribution is -0.205. The number of nitrogens with zero attached hydrogens (tertiary/aromatic N) is 1. The van der Waals surface area contributed by atoms with E-state index in [1.54, 1.807) is 34.6 Å². The molecule has 1 N–H and O–H groups in total. The fourth-order valence-electron chi connectivity index (χ4n) is 3.40. The molecular weight excluding hydrogens is 372 g/mol. The Morgan fingerprint density at radius 1 is 1.29 bits per heavy atom. The van der Waals surface area contributed by atoms with Crippen LogP contribution in [-0.2, 0) is 28.5 Å². The van der Waals surface area contributed by atoms with Crippen LogP contribution >= 0.6 is 0 Å². The molecular formula is C18H26N2O8. The summed E-state index contributed by atoms with van der Waals surface area (Å²) in [6.07, 6.45) is -1.31. The Hall–Kier alpha value is -2.01. The molecule has 10 nitrogen and oxygen atoms in total. The number of nitrogens with one attached hydrogen (secondary N) is 1. The molecule has 10 heteroatoms. The summed E-state index contributed by atoms with van der Waals surface area (Å²) in [5, 5.41) is 0. The van der Waals surface area contributed by atoms with E-state index in [1.807, 2.05) is 0 Å². The minimum Gasteiger partial charge on any atom is -0.461 e. The Bertz CT molecular complexity index is 842. The Morgan fingerprint density at radius 3 is 2.61 bits per heavy atom. The lowest BCUT2D eigenvalue weighted by Gasteiger charge is -2.26. The summed E-state index contributed by atoms with van der Waals surface area (Å²) < 4.78 is 29.7. The molecule has 156 valence electrons. The van der Waals surface area contributed by atoms with Crippen LogP contribution in [0.5, 0.6) is 0 Å². The predicted octanol–water partition coefficient (Wildman–Crippen LogP) is 0.312. The van der Waals surface area contributed by atoms with Gasteiger partial charge in [-0.05, 0) is 34.6 Å². The van der Waals surface area contributed by atoms with Gasteiger partial charge in [0.2, 0.25) is 0 Å². The molecule has 2 fully saturated rings. The van der Waals surface area contributed by atoms with Crippen LogP contribution in [0.4, 0.5) is 0 Å². The van der Waals surface area contributed by atoms with Gasteiger partial charge < -0.3 is 23.7 Å². The van der Waals surface area contributed by atoms with Gasteiger partial charge in [0.25, 0.3) is 5.56 Å². The van der Waals surface area contributed by atoms with Crippen molar-refractivity contribution in [1.82, 2.24) is 9.55 Å². The average Bonchev–Trinajstić information content (AvgIpc) is 3.06. The Balaban J connectivity index is 1.78. The minimum absolute atomic E-state index is 0.0927. The highest BCUT2D eigenvalue weighted by Gasteiger charge is 2.56. The Kier molecular flexibility index (Phi) is 5.50. The first-order valence-electron chi connectivity index (χ1n) is 9.18. The highest BCUT2D eigenvalue weighted by Crippen LogP contribution is 2.42. The zero-order valence-corrected chi connectivity index (χ0v) is 16.6. The van der Waals surface area contributed by atoms with E-state index in [4.69, 9.17) is 23.7 Å². The fourth-order valence-corrected chi connectivity index (χ4v) is 3.40. The smallest absolute Gasteiger partial charge is 0.337 e. The van der Waals surface area contributed by atoms with Gasteiger partial charge in [-0.2, -0.15) is 0 Å². The molecule has 2 saturated heterocycles. The molecule has 0 aromatic carbocycles. The van der Waals surface area contributed by atoms with Crippen molar-refractivity contribution in [2.24, 2.45) is 0 Å². The lowest BCUT2D eigenvalue weighted by atomic mass is 10.1. The summed E-state index contributed by atoms with van der Waals surface area (Å²) in [5.74, 6) is -1.42. The van der Waals surface area contributed by atoms with E-state index in [1.165, 1.54) is 16.8 Å². The first-order valence-corrected chi connectivity index (χ1v) is 9.18. The van der Waals surface area contributed by atoms with E-state index in [0.717, 1.165) is 0 Å². The molecule has 0 radical (unpaired) electrons. The molecule has 0 aliphatic carbocycles. The molecule has 1 aromatic rings. The topological polar surface area (TPSA) is 118 Å². The molecule has 0 amide bonds. The molecule has 28 heavy (non-hydrogen) atoms. The average molecular weight is 398 g/mol.